The number of nitrogens with two attached hydrogens (primary N) is 1. The Morgan fingerprint density at radius 2 is 2.17 bits per heavy atom. The van der Waals surface area contributed by atoms with Gasteiger partial charge in [-0.15, -0.1) is 0 Å². The zero-order valence-corrected chi connectivity index (χ0v) is 10.7. The van der Waals surface area contributed by atoms with E-state index in [0.29, 0.717) is 17.9 Å². The van der Waals surface area contributed by atoms with E-state index < -0.39 is 5.82 Å². The monoisotopic (exact) mass is 265 g/mol. The van der Waals surface area contributed by atoms with Crippen molar-refractivity contribution in [2.75, 3.05) is 17.7 Å². The van der Waals surface area contributed by atoms with Crippen molar-refractivity contribution in [3.05, 3.63) is 53.1 Å². The van der Waals surface area contributed by atoms with Crippen LogP contribution in [0.4, 0.5) is 15.8 Å². The molecule has 0 spiro atoms. The fourth-order valence-corrected chi connectivity index (χ4v) is 1.86. The second-order valence-corrected chi connectivity index (χ2v) is 4.41. The van der Waals surface area contributed by atoms with Gasteiger partial charge in [-0.25, -0.2) is 4.39 Å². The zero-order valence-electron chi connectivity index (χ0n) is 9.90. The standard InChI is InChI=1S/C13H13ClFN3/c1-18(8-9-4-2-3-5-17-9)13-6-10(14)11(15)7-12(13)16/h2-7H,8,16H2,1H3. The molecule has 18 heavy (non-hydrogen) atoms. The number of halogens is 2. The summed E-state index contributed by atoms with van der Waals surface area (Å²) in [7, 11) is 1.86. The highest BCUT2D eigenvalue weighted by molar-refractivity contribution is 6.31. The number of hydrogen-bond acceptors (Lipinski definition) is 3. The summed E-state index contributed by atoms with van der Waals surface area (Å²) in [6, 6.07) is 8.43. The van der Waals surface area contributed by atoms with Crippen molar-refractivity contribution >= 4 is 23.0 Å². The van der Waals surface area contributed by atoms with E-state index in [-0.39, 0.29) is 5.02 Å². The SMILES string of the molecule is CN(Cc1ccccn1)c1cc(Cl)c(F)cc1N. The van der Waals surface area contributed by atoms with Crippen LogP contribution in [-0.2, 0) is 6.54 Å². The minimum absolute atomic E-state index is 0.0621. The van der Waals surface area contributed by atoms with E-state index in [1.165, 1.54) is 12.1 Å². The third-order valence-electron chi connectivity index (χ3n) is 2.61. The van der Waals surface area contributed by atoms with Crippen molar-refractivity contribution in [3.8, 4) is 0 Å². The molecule has 2 rings (SSSR count). The van der Waals surface area contributed by atoms with Crippen LogP contribution in [0.25, 0.3) is 0 Å². The quantitative estimate of drug-likeness (QED) is 0.867. The summed E-state index contributed by atoms with van der Waals surface area (Å²) in [4.78, 5) is 6.10. The molecule has 0 saturated carbocycles. The molecule has 0 saturated heterocycles. The van der Waals surface area contributed by atoms with E-state index in [1.807, 2.05) is 30.1 Å². The number of nitrogen functional groups attached to an aromatic ring is 1. The molecular weight excluding hydrogens is 253 g/mol. The molecule has 0 unspecified atom stereocenters. The Labute approximate surface area is 110 Å². The molecule has 2 aromatic rings. The Kier molecular flexibility index (Phi) is 3.67. The van der Waals surface area contributed by atoms with Crippen LogP contribution in [0.5, 0.6) is 0 Å². The topological polar surface area (TPSA) is 42.2 Å². The van der Waals surface area contributed by atoms with E-state index >= 15 is 0 Å². The van der Waals surface area contributed by atoms with Crippen LogP contribution in [-0.4, -0.2) is 12.0 Å². The Hall–Kier alpha value is -1.81. The van der Waals surface area contributed by atoms with Crippen molar-refractivity contribution in [2.45, 2.75) is 6.54 Å². The van der Waals surface area contributed by atoms with Gasteiger partial charge in [0.05, 0.1) is 28.6 Å². The van der Waals surface area contributed by atoms with Crippen LogP contribution in [0, 0.1) is 5.82 Å². The summed E-state index contributed by atoms with van der Waals surface area (Å²) in [6.45, 7) is 0.576. The van der Waals surface area contributed by atoms with Crippen LogP contribution < -0.4 is 10.6 Å². The number of nitrogens with zero attached hydrogens (tertiary/aromatic N) is 2. The van der Waals surface area contributed by atoms with E-state index in [1.54, 1.807) is 6.20 Å². The second kappa shape index (κ2) is 5.23. The molecule has 0 bridgehead atoms. The van der Waals surface area contributed by atoms with Crippen LogP contribution in [0.3, 0.4) is 0 Å². The fraction of sp³-hybridized carbons (Fsp3) is 0.154. The van der Waals surface area contributed by atoms with Gasteiger partial charge in [-0.1, -0.05) is 17.7 Å². The minimum Gasteiger partial charge on any atom is -0.397 e. The molecule has 5 heteroatoms. The molecule has 0 radical (unpaired) electrons. The van der Waals surface area contributed by atoms with E-state index in [4.69, 9.17) is 17.3 Å². The molecular formula is C13H13ClFN3. The first-order valence-corrected chi connectivity index (χ1v) is 5.81. The van der Waals surface area contributed by atoms with E-state index in [2.05, 4.69) is 4.98 Å². The van der Waals surface area contributed by atoms with Gasteiger partial charge in [0.2, 0.25) is 0 Å². The zero-order chi connectivity index (χ0) is 13.1. The molecule has 1 aromatic carbocycles. The van der Waals surface area contributed by atoms with Gasteiger partial charge < -0.3 is 10.6 Å². The average molecular weight is 266 g/mol. The lowest BCUT2D eigenvalue weighted by Crippen LogP contribution is -2.18. The van der Waals surface area contributed by atoms with Crippen LogP contribution in [0.15, 0.2) is 36.5 Å². The lowest BCUT2D eigenvalue weighted by molar-refractivity contribution is 0.628. The van der Waals surface area contributed by atoms with Gasteiger partial charge in [-0.3, -0.25) is 4.98 Å². The normalized spacial score (nSPS) is 10.4. The number of benzene rings is 1. The summed E-state index contributed by atoms with van der Waals surface area (Å²) in [5, 5.41) is 0.0621. The predicted octanol–water partition coefficient (Wildman–Crippen LogP) is 3.09. The maximum absolute atomic E-state index is 13.2. The van der Waals surface area contributed by atoms with Gasteiger partial charge >= 0.3 is 0 Å². The maximum Gasteiger partial charge on any atom is 0.143 e. The van der Waals surface area contributed by atoms with Crippen molar-refractivity contribution in [1.29, 1.82) is 0 Å². The minimum atomic E-state index is -0.510. The fourth-order valence-electron chi connectivity index (χ4n) is 1.70. The molecule has 3 nitrogen and oxygen atoms in total. The van der Waals surface area contributed by atoms with Gasteiger partial charge in [-0.2, -0.15) is 0 Å². The highest BCUT2D eigenvalue weighted by Gasteiger charge is 2.10. The Balaban J connectivity index is 2.24. The summed E-state index contributed by atoms with van der Waals surface area (Å²) < 4.78 is 13.2. The molecule has 94 valence electrons. The van der Waals surface area contributed by atoms with E-state index in [0.717, 1.165) is 5.69 Å². The lowest BCUT2D eigenvalue weighted by Gasteiger charge is -2.21. The first kappa shape index (κ1) is 12.6. The van der Waals surface area contributed by atoms with Crippen LogP contribution in [0.2, 0.25) is 5.02 Å². The highest BCUT2D eigenvalue weighted by atomic mass is 35.5. The highest BCUT2D eigenvalue weighted by Crippen LogP contribution is 2.29. The molecule has 0 atom stereocenters. The molecule has 0 aliphatic carbocycles. The van der Waals surface area contributed by atoms with Crippen LogP contribution >= 0.6 is 11.6 Å². The molecule has 0 fully saturated rings. The summed E-state index contributed by atoms with van der Waals surface area (Å²) >= 11 is 5.76. The van der Waals surface area contributed by atoms with Crippen molar-refractivity contribution in [1.82, 2.24) is 4.98 Å². The van der Waals surface area contributed by atoms with Gasteiger partial charge in [0.25, 0.3) is 0 Å². The Morgan fingerprint density at radius 3 is 2.83 bits per heavy atom. The lowest BCUT2D eigenvalue weighted by atomic mass is 10.2. The molecule has 0 aliphatic heterocycles. The smallest absolute Gasteiger partial charge is 0.143 e. The number of rotatable bonds is 3. The van der Waals surface area contributed by atoms with Gasteiger partial charge in [0, 0.05) is 19.3 Å². The summed E-state index contributed by atoms with van der Waals surface area (Å²) in [5.74, 6) is -0.510. The third-order valence-corrected chi connectivity index (χ3v) is 2.90. The second-order valence-electron chi connectivity index (χ2n) is 4.00. The number of hydrogen-bond donors (Lipinski definition) is 1. The predicted molar refractivity (Wildman–Crippen MR) is 72.2 cm³/mol. The first-order valence-electron chi connectivity index (χ1n) is 5.43. The van der Waals surface area contributed by atoms with Crippen molar-refractivity contribution in [3.63, 3.8) is 0 Å². The summed E-state index contributed by atoms with van der Waals surface area (Å²) in [6.07, 6.45) is 1.73. The molecule has 1 heterocycles. The third kappa shape index (κ3) is 2.71. The van der Waals surface area contributed by atoms with Crippen molar-refractivity contribution in [2.24, 2.45) is 0 Å². The van der Waals surface area contributed by atoms with Gasteiger partial charge in [-0.05, 0) is 18.2 Å². The number of pyridine rings is 1. The first-order chi connectivity index (χ1) is 8.58. The Bertz CT molecular complexity index is 545. The Morgan fingerprint density at radius 1 is 1.39 bits per heavy atom. The summed E-state index contributed by atoms with van der Waals surface area (Å²) in [5.41, 5.74) is 7.73. The average Bonchev–Trinajstić information content (AvgIpc) is 2.35. The molecule has 0 aliphatic rings. The van der Waals surface area contributed by atoms with Crippen LogP contribution in [0.1, 0.15) is 5.69 Å². The number of anilines is 2. The van der Waals surface area contributed by atoms with Gasteiger partial charge in [0.15, 0.2) is 0 Å². The molecule has 1 aromatic heterocycles. The van der Waals surface area contributed by atoms with E-state index in [9.17, 15) is 4.39 Å². The maximum atomic E-state index is 13.2. The van der Waals surface area contributed by atoms with Crippen molar-refractivity contribution < 1.29 is 4.39 Å². The van der Waals surface area contributed by atoms with Gasteiger partial charge in [0.1, 0.15) is 5.82 Å². The molecule has 2 N–H and O–H groups in total. The molecule has 0 amide bonds. The largest absolute Gasteiger partial charge is 0.397 e. The number of aromatic nitrogens is 1.